The molecule has 0 radical (unpaired) electrons. The van der Waals surface area contributed by atoms with Crippen LogP contribution in [0.4, 0.5) is 11.6 Å². The summed E-state index contributed by atoms with van der Waals surface area (Å²) in [6.45, 7) is 2.23. The van der Waals surface area contributed by atoms with E-state index in [9.17, 15) is 4.79 Å². The summed E-state index contributed by atoms with van der Waals surface area (Å²) in [5, 5.41) is 4.77. The van der Waals surface area contributed by atoms with Crippen LogP contribution in [0.25, 0.3) is 0 Å². The van der Waals surface area contributed by atoms with Gasteiger partial charge in [-0.2, -0.15) is 0 Å². The van der Waals surface area contributed by atoms with E-state index in [4.69, 9.17) is 0 Å². The zero-order valence-electron chi connectivity index (χ0n) is 13.9. The molecule has 2 aromatic heterocycles. The quantitative estimate of drug-likeness (QED) is 0.901. The second-order valence-electron chi connectivity index (χ2n) is 5.96. The van der Waals surface area contributed by atoms with E-state index in [0.717, 1.165) is 31.7 Å². The molecule has 5 nitrogen and oxygen atoms in total. The lowest BCUT2D eigenvalue weighted by atomic mass is 10.0. The van der Waals surface area contributed by atoms with E-state index in [0.29, 0.717) is 16.7 Å². The number of carbonyl (C=O) groups excluding carboxylic acids is 1. The van der Waals surface area contributed by atoms with Crippen molar-refractivity contribution >= 4 is 41.3 Å². The number of nitrogens with one attached hydrogen (secondary N) is 1. The molecule has 0 bridgehead atoms. The lowest BCUT2D eigenvalue weighted by molar-refractivity contribution is 0.103. The number of thiophene rings is 1. The van der Waals surface area contributed by atoms with Crippen LogP contribution >= 0.6 is 23.7 Å². The Hall–Kier alpha value is -1.63. The number of hydrogen-bond donors (Lipinski definition) is 1. The van der Waals surface area contributed by atoms with E-state index in [-0.39, 0.29) is 18.3 Å². The number of aromatic nitrogens is 1. The van der Waals surface area contributed by atoms with E-state index < -0.39 is 0 Å². The van der Waals surface area contributed by atoms with Crippen molar-refractivity contribution in [3.63, 3.8) is 0 Å². The van der Waals surface area contributed by atoms with Gasteiger partial charge in [-0.15, -0.1) is 23.7 Å². The first-order valence-electron chi connectivity index (χ1n) is 7.87. The zero-order chi connectivity index (χ0) is 16.2. The molecule has 0 atom stereocenters. The molecule has 0 aliphatic carbocycles. The number of nitrogens with zero attached hydrogens (tertiary/aromatic N) is 3. The molecule has 0 aromatic carbocycles. The van der Waals surface area contributed by atoms with Gasteiger partial charge in [0.2, 0.25) is 0 Å². The van der Waals surface area contributed by atoms with Gasteiger partial charge in [0.1, 0.15) is 11.6 Å². The predicted molar refractivity (Wildman–Crippen MR) is 103 cm³/mol. The normalized spacial score (nSPS) is 15.6. The van der Waals surface area contributed by atoms with Crippen LogP contribution in [0.15, 0.2) is 35.7 Å². The molecule has 130 valence electrons. The minimum Gasteiger partial charge on any atom is -0.357 e. The maximum absolute atomic E-state index is 12.1. The topological polar surface area (TPSA) is 48.5 Å². The number of rotatable bonds is 4. The van der Waals surface area contributed by atoms with Gasteiger partial charge in [0.05, 0.1) is 4.88 Å². The first kappa shape index (κ1) is 18.7. The highest BCUT2D eigenvalue weighted by Crippen LogP contribution is 2.21. The van der Waals surface area contributed by atoms with E-state index in [1.54, 1.807) is 0 Å². The maximum Gasteiger partial charge on any atom is 0.266 e. The Morgan fingerprint density at radius 1 is 1.29 bits per heavy atom. The van der Waals surface area contributed by atoms with Gasteiger partial charge in [-0.25, -0.2) is 4.98 Å². The Morgan fingerprint density at radius 3 is 2.71 bits per heavy atom. The summed E-state index contributed by atoms with van der Waals surface area (Å²) in [6, 6.07) is 9.96. The van der Waals surface area contributed by atoms with Crippen molar-refractivity contribution in [2.75, 3.05) is 37.4 Å². The summed E-state index contributed by atoms with van der Waals surface area (Å²) < 4.78 is 0. The van der Waals surface area contributed by atoms with Crippen LogP contribution < -0.4 is 10.2 Å². The monoisotopic (exact) mass is 366 g/mol. The summed E-state index contributed by atoms with van der Waals surface area (Å²) in [7, 11) is 4.25. The molecule has 24 heavy (non-hydrogen) atoms. The van der Waals surface area contributed by atoms with Crippen LogP contribution in [0, 0.1) is 0 Å². The Bertz CT molecular complexity index is 656. The lowest BCUT2D eigenvalue weighted by Crippen LogP contribution is -2.42. The summed E-state index contributed by atoms with van der Waals surface area (Å²) >= 11 is 1.43. The Balaban J connectivity index is 0.00000208. The Morgan fingerprint density at radius 2 is 2.04 bits per heavy atom. The Kier molecular flexibility index (Phi) is 6.60. The fourth-order valence-electron chi connectivity index (χ4n) is 2.84. The van der Waals surface area contributed by atoms with Crippen molar-refractivity contribution in [3.8, 4) is 0 Å². The summed E-state index contributed by atoms with van der Waals surface area (Å²) in [5.74, 6) is 1.40. The first-order valence-corrected chi connectivity index (χ1v) is 8.75. The van der Waals surface area contributed by atoms with Crippen LogP contribution in [0.1, 0.15) is 22.5 Å². The van der Waals surface area contributed by atoms with Crippen molar-refractivity contribution in [2.24, 2.45) is 0 Å². The summed E-state index contributed by atoms with van der Waals surface area (Å²) in [5.41, 5.74) is 0. The van der Waals surface area contributed by atoms with Crippen LogP contribution in [-0.4, -0.2) is 49.0 Å². The van der Waals surface area contributed by atoms with Crippen molar-refractivity contribution in [1.82, 2.24) is 9.88 Å². The van der Waals surface area contributed by atoms with Crippen LogP contribution in [0.2, 0.25) is 0 Å². The minimum atomic E-state index is -0.105. The van der Waals surface area contributed by atoms with Gasteiger partial charge < -0.3 is 15.1 Å². The average molecular weight is 367 g/mol. The van der Waals surface area contributed by atoms with Crippen molar-refractivity contribution in [1.29, 1.82) is 0 Å². The molecule has 1 N–H and O–H groups in total. The maximum atomic E-state index is 12.1. The van der Waals surface area contributed by atoms with Crippen LogP contribution in [0.3, 0.4) is 0 Å². The molecule has 1 fully saturated rings. The fraction of sp³-hybridized carbons (Fsp3) is 0.412. The second-order valence-corrected chi connectivity index (χ2v) is 6.91. The van der Waals surface area contributed by atoms with Gasteiger partial charge in [0.25, 0.3) is 5.91 Å². The number of amides is 1. The number of hydrogen-bond acceptors (Lipinski definition) is 5. The standard InChI is InChI=1S/C17H22N4OS.ClH/c1-20-10-8-13(9-11-20)21(2)16-7-3-6-15(18-16)19-17(22)14-5-4-12-23-14;/h3-7,12-13H,8-11H2,1-2H3,(H,18,19,22);1H. The molecule has 3 rings (SSSR count). The highest BCUT2D eigenvalue weighted by molar-refractivity contribution is 7.12. The molecule has 3 heterocycles. The lowest BCUT2D eigenvalue weighted by Gasteiger charge is -2.35. The van der Waals surface area contributed by atoms with Crippen molar-refractivity contribution in [3.05, 3.63) is 40.6 Å². The highest BCUT2D eigenvalue weighted by atomic mass is 35.5. The smallest absolute Gasteiger partial charge is 0.266 e. The molecule has 2 aromatic rings. The fourth-order valence-corrected chi connectivity index (χ4v) is 3.46. The van der Waals surface area contributed by atoms with Crippen LogP contribution in [-0.2, 0) is 0 Å². The number of pyridine rings is 1. The van der Waals surface area contributed by atoms with Gasteiger partial charge in [-0.05, 0) is 56.6 Å². The molecule has 7 heteroatoms. The average Bonchev–Trinajstić information content (AvgIpc) is 3.10. The third-order valence-corrected chi connectivity index (χ3v) is 5.19. The van der Waals surface area contributed by atoms with Crippen LogP contribution in [0.5, 0.6) is 0 Å². The van der Waals surface area contributed by atoms with E-state index in [1.807, 2.05) is 35.7 Å². The molecule has 0 unspecified atom stereocenters. The molecule has 0 saturated carbocycles. The molecule has 1 aliphatic rings. The highest BCUT2D eigenvalue weighted by Gasteiger charge is 2.21. The zero-order valence-corrected chi connectivity index (χ0v) is 15.6. The second kappa shape index (κ2) is 8.46. The summed E-state index contributed by atoms with van der Waals surface area (Å²) in [4.78, 5) is 22.0. The summed E-state index contributed by atoms with van der Waals surface area (Å²) in [6.07, 6.45) is 2.28. The van der Waals surface area contributed by atoms with E-state index in [2.05, 4.69) is 34.2 Å². The third-order valence-electron chi connectivity index (χ3n) is 4.32. The largest absolute Gasteiger partial charge is 0.357 e. The van der Waals surface area contributed by atoms with Gasteiger partial charge >= 0.3 is 0 Å². The molecule has 1 aliphatic heterocycles. The van der Waals surface area contributed by atoms with Gasteiger partial charge in [0.15, 0.2) is 0 Å². The molecular weight excluding hydrogens is 344 g/mol. The van der Waals surface area contributed by atoms with Gasteiger partial charge in [-0.1, -0.05) is 12.1 Å². The van der Waals surface area contributed by atoms with Gasteiger partial charge in [0, 0.05) is 13.1 Å². The van der Waals surface area contributed by atoms with E-state index in [1.165, 1.54) is 11.3 Å². The molecule has 1 amide bonds. The molecular formula is C17H23ClN4OS. The number of carbonyl (C=O) groups is 1. The number of anilines is 2. The first-order chi connectivity index (χ1) is 11.1. The SMILES string of the molecule is CN1CCC(N(C)c2cccc(NC(=O)c3cccs3)n2)CC1.Cl. The van der Waals surface area contributed by atoms with Gasteiger partial charge in [-0.3, -0.25) is 4.79 Å². The molecule has 1 saturated heterocycles. The predicted octanol–water partition coefficient (Wildman–Crippen LogP) is 3.35. The van der Waals surface area contributed by atoms with Crippen molar-refractivity contribution < 1.29 is 4.79 Å². The number of halogens is 1. The van der Waals surface area contributed by atoms with E-state index >= 15 is 0 Å². The number of likely N-dealkylation sites (tertiary alicyclic amines) is 1. The molecule has 0 spiro atoms. The number of piperidine rings is 1. The third kappa shape index (κ3) is 4.47. The van der Waals surface area contributed by atoms with Crippen molar-refractivity contribution in [2.45, 2.75) is 18.9 Å². The minimum absolute atomic E-state index is 0. The Labute approximate surface area is 153 Å².